The van der Waals surface area contributed by atoms with E-state index in [-0.39, 0.29) is 5.60 Å². The zero-order valence-electron chi connectivity index (χ0n) is 11.7. The van der Waals surface area contributed by atoms with Crippen LogP contribution in [0.25, 0.3) is 0 Å². The second-order valence-corrected chi connectivity index (χ2v) is 6.90. The fourth-order valence-electron chi connectivity index (χ4n) is 1.63. The highest BCUT2D eigenvalue weighted by atomic mass is 32.1. The number of thiophene rings is 1. The van der Waals surface area contributed by atoms with Gasteiger partial charge in [0.2, 0.25) is 0 Å². The van der Waals surface area contributed by atoms with Crippen LogP contribution in [-0.2, 0) is 11.2 Å². The molecule has 1 atom stereocenters. The maximum Gasteiger partial charge on any atom is 0.0599 e. The van der Waals surface area contributed by atoms with E-state index in [9.17, 15) is 0 Å². The van der Waals surface area contributed by atoms with E-state index in [0.29, 0.717) is 6.04 Å². The molecule has 1 aromatic rings. The normalized spacial score (nSPS) is 13.9. The van der Waals surface area contributed by atoms with Crippen LogP contribution in [0.4, 0.5) is 0 Å². The maximum atomic E-state index is 5.67. The van der Waals surface area contributed by atoms with Crippen LogP contribution in [0.15, 0.2) is 12.1 Å². The van der Waals surface area contributed by atoms with Gasteiger partial charge < -0.3 is 10.1 Å². The van der Waals surface area contributed by atoms with Crippen LogP contribution in [0.2, 0.25) is 0 Å². The average molecular weight is 255 g/mol. The van der Waals surface area contributed by atoms with Gasteiger partial charge in [0.05, 0.1) is 12.2 Å². The first-order valence-electron chi connectivity index (χ1n) is 6.29. The molecule has 0 saturated carbocycles. The quantitative estimate of drug-likeness (QED) is 0.787. The van der Waals surface area contributed by atoms with Gasteiger partial charge in [-0.25, -0.2) is 0 Å². The van der Waals surface area contributed by atoms with Crippen LogP contribution in [0.1, 0.15) is 37.4 Å². The molecule has 0 aliphatic heterocycles. The van der Waals surface area contributed by atoms with Crippen molar-refractivity contribution in [1.82, 2.24) is 5.32 Å². The summed E-state index contributed by atoms with van der Waals surface area (Å²) in [5.41, 5.74) is -0.0320. The molecule has 0 aliphatic carbocycles. The summed E-state index contributed by atoms with van der Waals surface area (Å²) in [6, 6.07) is 4.93. The van der Waals surface area contributed by atoms with Gasteiger partial charge in [-0.05, 0) is 53.2 Å². The van der Waals surface area contributed by atoms with E-state index in [2.05, 4.69) is 52.1 Å². The molecule has 0 fully saturated rings. The van der Waals surface area contributed by atoms with E-state index in [1.165, 1.54) is 9.75 Å². The van der Waals surface area contributed by atoms with Gasteiger partial charge in [-0.15, -0.1) is 11.3 Å². The largest absolute Gasteiger partial charge is 0.375 e. The van der Waals surface area contributed by atoms with E-state index >= 15 is 0 Å². The highest BCUT2D eigenvalue weighted by Crippen LogP contribution is 2.16. The molecule has 0 saturated heterocycles. The fraction of sp³-hybridized carbons (Fsp3) is 0.714. The van der Waals surface area contributed by atoms with E-state index in [1.54, 1.807) is 0 Å². The molecule has 0 bridgehead atoms. The Hall–Kier alpha value is -0.380. The number of aryl methyl sites for hydroxylation is 1. The van der Waals surface area contributed by atoms with Crippen molar-refractivity contribution in [3.8, 4) is 0 Å². The summed E-state index contributed by atoms with van der Waals surface area (Å²) in [6.07, 6.45) is 1.11. The second-order valence-electron chi connectivity index (χ2n) is 5.53. The van der Waals surface area contributed by atoms with Crippen molar-refractivity contribution in [2.45, 2.75) is 52.7 Å². The van der Waals surface area contributed by atoms with Gasteiger partial charge in [0.15, 0.2) is 0 Å². The van der Waals surface area contributed by atoms with Gasteiger partial charge in [-0.1, -0.05) is 0 Å². The predicted octanol–water partition coefficient (Wildman–Crippen LogP) is 3.39. The van der Waals surface area contributed by atoms with Gasteiger partial charge in [-0.2, -0.15) is 0 Å². The third-order valence-electron chi connectivity index (χ3n) is 2.43. The molecule has 98 valence electrons. The summed E-state index contributed by atoms with van der Waals surface area (Å²) in [4.78, 5) is 2.85. The summed E-state index contributed by atoms with van der Waals surface area (Å²) >= 11 is 1.89. The van der Waals surface area contributed by atoms with Gasteiger partial charge in [0, 0.05) is 22.3 Å². The SMILES string of the molecule is Cc1ccc(CC(C)NCCOC(C)(C)C)s1. The van der Waals surface area contributed by atoms with Crippen molar-refractivity contribution in [1.29, 1.82) is 0 Å². The minimum absolute atomic E-state index is 0.0320. The summed E-state index contributed by atoms with van der Waals surface area (Å²) < 4.78 is 5.67. The molecule has 3 heteroatoms. The van der Waals surface area contributed by atoms with Crippen molar-refractivity contribution in [3.05, 3.63) is 21.9 Å². The van der Waals surface area contributed by atoms with Gasteiger partial charge >= 0.3 is 0 Å². The molecular formula is C14H25NOS. The lowest BCUT2D eigenvalue weighted by molar-refractivity contribution is -0.00147. The van der Waals surface area contributed by atoms with Gasteiger partial charge in [0.1, 0.15) is 0 Å². The number of hydrogen-bond acceptors (Lipinski definition) is 3. The first-order valence-corrected chi connectivity index (χ1v) is 7.11. The van der Waals surface area contributed by atoms with Crippen LogP contribution in [0.5, 0.6) is 0 Å². The Morgan fingerprint density at radius 1 is 1.35 bits per heavy atom. The Kier molecular flexibility index (Phi) is 5.63. The zero-order chi connectivity index (χ0) is 12.9. The molecule has 0 amide bonds. The summed E-state index contributed by atoms with van der Waals surface area (Å²) in [7, 11) is 0. The Morgan fingerprint density at radius 2 is 2.06 bits per heavy atom. The number of nitrogens with one attached hydrogen (secondary N) is 1. The van der Waals surface area contributed by atoms with Crippen molar-refractivity contribution >= 4 is 11.3 Å². The van der Waals surface area contributed by atoms with Crippen molar-refractivity contribution < 1.29 is 4.74 Å². The zero-order valence-corrected chi connectivity index (χ0v) is 12.5. The minimum atomic E-state index is -0.0320. The molecule has 1 heterocycles. The molecule has 1 rings (SSSR count). The third-order valence-corrected chi connectivity index (χ3v) is 3.46. The maximum absolute atomic E-state index is 5.67. The first-order chi connectivity index (χ1) is 7.87. The van der Waals surface area contributed by atoms with Crippen LogP contribution < -0.4 is 5.32 Å². The second kappa shape index (κ2) is 6.53. The Bertz CT molecular complexity index is 327. The van der Waals surface area contributed by atoms with E-state index < -0.39 is 0 Å². The van der Waals surface area contributed by atoms with E-state index in [0.717, 1.165) is 19.6 Å². The molecule has 2 nitrogen and oxygen atoms in total. The molecule has 0 aliphatic rings. The van der Waals surface area contributed by atoms with Gasteiger partial charge in [0.25, 0.3) is 0 Å². The lowest BCUT2D eigenvalue weighted by Gasteiger charge is -2.20. The van der Waals surface area contributed by atoms with E-state index in [4.69, 9.17) is 4.74 Å². The first kappa shape index (κ1) is 14.7. The highest BCUT2D eigenvalue weighted by molar-refractivity contribution is 7.11. The summed E-state index contributed by atoms with van der Waals surface area (Å²) in [5, 5.41) is 3.49. The Morgan fingerprint density at radius 3 is 2.59 bits per heavy atom. The Balaban J connectivity index is 2.15. The topological polar surface area (TPSA) is 21.3 Å². The van der Waals surface area contributed by atoms with Crippen molar-refractivity contribution in [2.24, 2.45) is 0 Å². The van der Waals surface area contributed by atoms with Crippen molar-refractivity contribution in [2.75, 3.05) is 13.2 Å². The smallest absolute Gasteiger partial charge is 0.0599 e. The van der Waals surface area contributed by atoms with Gasteiger partial charge in [-0.3, -0.25) is 0 Å². The molecule has 1 aromatic heterocycles. The third kappa shape index (κ3) is 6.81. The number of rotatable bonds is 6. The molecule has 1 unspecified atom stereocenters. The number of ether oxygens (including phenoxy) is 1. The van der Waals surface area contributed by atoms with Crippen LogP contribution in [0.3, 0.4) is 0 Å². The highest BCUT2D eigenvalue weighted by Gasteiger charge is 2.10. The molecule has 17 heavy (non-hydrogen) atoms. The fourth-order valence-corrected chi connectivity index (χ4v) is 2.65. The van der Waals surface area contributed by atoms with Crippen LogP contribution in [0, 0.1) is 6.92 Å². The molecular weight excluding hydrogens is 230 g/mol. The lowest BCUT2D eigenvalue weighted by Crippen LogP contribution is -2.33. The lowest BCUT2D eigenvalue weighted by atomic mass is 10.2. The van der Waals surface area contributed by atoms with Crippen molar-refractivity contribution in [3.63, 3.8) is 0 Å². The minimum Gasteiger partial charge on any atom is -0.375 e. The van der Waals surface area contributed by atoms with Crippen LogP contribution >= 0.6 is 11.3 Å². The predicted molar refractivity (Wildman–Crippen MR) is 75.9 cm³/mol. The number of hydrogen-bond donors (Lipinski definition) is 1. The molecule has 0 spiro atoms. The Labute approximate surface area is 109 Å². The summed E-state index contributed by atoms with van der Waals surface area (Å²) in [6.45, 7) is 12.3. The summed E-state index contributed by atoms with van der Waals surface area (Å²) in [5.74, 6) is 0. The average Bonchev–Trinajstić information content (AvgIpc) is 2.57. The molecule has 0 radical (unpaired) electrons. The molecule has 0 aromatic carbocycles. The standard InChI is InChI=1S/C14H25NOS/c1-11(10-13-7-6-12(2)17-13)15-8-9-16-14(3,4)5/h6-7,11,15H,8-10H2,1-5H3. The molecule has 1 N–H and O–H groups in total. The van der Waals surface area contributed by atoms with E-state index in [1.807, 2.05) is 11.3 Å². The monoisotopic (exact) mass is 255 g/mol. The van der Waals surface area contributed by atoms with Crippen LogP contribution in [-0.4, -0.2) is 24.8 Å².